The van der Waals surface area contributed by atoms with Crippen LogP contribution in [0.3, 0.4) is 0 Å². The molecule has 0 spiro atoms. The van der Waals surface area contributed by atoms with Crippen LogP contribution >= 0.6 is 0 Å². The van der Waals surface area contributed by atoms with Gasteiger partial charge >= 0.3 is 0 Å². The van der Waals surface area contributed by atoms with E-state index in [1.165, 1.54) is 43.8 Å². The Balaban J connectivity index is 1.08. The van der Waals surface area contributed by atoms with Crippen LogP contribution < -0.4 is 4.90 Å². The van der Waals surface area contributed by atoms with Gasteiger partial charge in [0.15, 0.2) is 0 Å². The van der Waals surface area contributed by atoms with E-state index in [2.05, 4.69) is 223 Å². The van der Waals surface area contributed by atoms with Gasteiger partial charge in [-0.05, 0) is 98.8 Å². The molecular formula is C54H40N4. The maximum Gasteiger partial charge on any atom is 0.145 e. The van der Waals surface area contributed by atoms with Crippen molar-refractivity contribution in [3.05, 3.63) is 217 Å². The minimum Gasteiger partial charge on any atom is -0.295 e. The normalized spacial score (nSPS) is 11.7. The third-order valence-electron chi connectivity index (χ3n) is 11.2. The molecule has 0 fully saturated rings. The molecule has 0 saturated heterocycles. The summed E-state index contributed by atoms with van der Waals surface area (Å²) in [5.41, 5.74) is 13.4. The third kappa shape index (κ3) is 6.03. The quantitative estimate of drug-likeness (QED) is 0.0925. The second-order valence-electron chi connectivity index (χ2n) is 14.6. The number of hydrogen-bond acceptors (Lipinski definition) is 2. The molecule has 10 rings (SSSR count). The Kier molecular flexibility index (Phi) is 8.92. The molecule has 0 unspecified atom stereocenters. The number of anilines is 2. The number of para-hydroxylation sites is 5. The fourth-order valence-electron chi connectivity index (χ4n) is 8.51. The fraction of sp³-hybridized carbons (Fsp3) is 0.0370. The molecule has 10 aromatic rings. The predicted octanol–water partition coefficient (Wildman–Crippen LogP) is 13.9. The second-order valence-corrected chi connectivity index (χ2v) is 14.6. The van der Waals surface area contributed by atoms with Crippen LogP contribution in [-0.2, 0) is 0 Å². The number of fused-ring (bicyclic) bond motifs is 3. The average molecular weight is 745 g/mol. The van der Waals surface area contributed by atoms with Crippen LogP contribution in [0.15, 0.2) is 211 Å². The minimum atomic E-state index is 0.889. The average Bonchev–Trinajstić information content (AvgIpc) is 3.68. The first-order valence-corrected chi connectivity index (χ1v) is 19.7. The lowest BCUT2D eigenvalue weighted by Crippen LogP contribution is -2.27. The standard InChI is InChI=1S/C54H40N4/c1-37-17-9-15-27-49(37)57(42-18-5-3-6-19-42)53(55-2)40-33-29-38(30-34-40)51-44-22-10-12-24-46(44)52(47-25-13-11-23-45(47)51)39-31-35-41(36-32-39)54-56-48-26-14-16-28-50(48)58(54)43-20-7-4-8-21-43/h3-36H,1-2H3/b55-53+. The van der Waals surface area contributed by atoms with Crippen molar-refractivity contribution in [2.75, 3.05) is 11.9 Å². The van der Waals surface area contributed by atoms with Crippen molar-refractivity contribution in [3.63, 3.8) is 0 Å². The van der Waals surface area contributed by atoms with Crippen molar-refractivity contribution in [1.82, 2.24) is 9.55 Å². The Labute approximate surface area is 338 Å². The summed E-state index contributed by atoms with van der Waals surface area (Å²) in [7, 11) is 1.88. The molecule has 0 atom stereocenters. The van der Waals surface area contributed by atoms with Crippen LogP contribution in [0.1, 0.15) is 11.1 Å². The van der Waals surface area contributed by atoms with Gasteiger partial charge in [-0.25, -0.2) is 4.98 Å². The number of aliphatic imine (C=N–C) groups is 1. The fourth-order valence-corrected chi connectivity index (χ4v) is 8.51. The Bertz CT molecular complexity index is 3050. The summed E-state index contributed by atoms with van der Waals surface area (Å²) in [6.45, 7) is 2.15. The minimum absolute atomic E-state index is 0.889. The molecule has 4 heteroatoms. The van der Waals surface area contributed by atoms with Crippen molar-refractivity contribution in [3.8, 4) is 39.3 Å². The van der Waals surface area contributed by atoms with E-state index in [4.69, 9.17) is 9.98 Å². The summed E-state index contributed by atoms with van der Waals surface area (Å²) in [5, 5.41) is 4.87. The highest BCUT2D eigenvalue weighted by Crippen LogP contribution is 2.44. The molecule has 1 aromatic heterocycles. The van der Waals surface area contributed by atoms with Crippen LogP contribution in [0.2, 0.25) is 0 Å². The molecular weight excluding hydrogens is 705 g/mol. The van der Waals surface area contributed by atoms with Gasteiger partial charge in [-0.15, -0.1) is 0 Å². The Morgan fingerprint density at radius 3 is 1.55 bits per heavy atom. The molecule has 4 nitrogen and oxygen atoms in total. The summed E-state index contributed by atoms with van der Waals surface area (Å²) in [6.07, 6.45) is 0. The summed E-state index contributed by atoms with van der Waals surface area (Å²) in [5.74, 6) is 1.81. The van der Waals surface area contributed by atoms with Gasteiger partial charge in [0.2, 0.25) is 0 Å². The number of nitrogens with zero attached hydrogens (tertiary/aromatic N) is 4. The second kappa shape index (κ2) is 14.8. The first kappa shape index (κ1) is 34.9. The van der Waals surface area contributed by atoms with Crippen LogP contribution in [0.4, 0.5) is 11.4 Å². The number of aryl methyl sites for hydroxylation is 1. The third-order valence-corrected chi connectivity index (χ3v) is 11.2. The zero-order chi connectivity index (χ0) is 39.0. The van der Waals surface area contributed by atoms with Crippen molar-refractivity contribution in [1.29, 1.82) is 0 Å². The van der Waals surface area contributed by atoms with Crippen molar-refractivity contribution >= 4 is 49.8 Å². The first-order chi connectivity index (χ1) is 28.7. The molecule has 276 valence electrons. The summed E-state index contributed by atoms with van der Waals surface area (Å²) in [6, 6.07) is 73.3. The van der Waals surface area contributed by atoms with Gasteiger partial charge in [0.05, 0.1) is 16.7 Å². The van der Waals surface area contributed by atoms with Gasteiger partial charge in [-0.1, -0.05) is 164 Å². The van der Waals surface area contributed by atoms with E-state index in [1.54, 1.807) is 0 Å². The van der Waals surface area contributed by atoms with Gasteiger partial charge < -0.3 is 0 Å². The van der Waals surface area contributed by atoms with Crippen molar-refractivity contribution < 1.29 is 0 Å². The largest absolute Gasteiger partial charge is 0.295 e. The lowest BCUT2D eigenvalue weighted by atomic mass is 9.85. The van der Waals surface area contributed by atoms with E-state index in [-0.39, 0.29) is 0 Å². The molecule has 0 bridgehead atoms. The number of aromatic nitrogens is 2. The van der Waals surface area contributed by atoms with E-state index >= 15 is 0 Å². The van der Waals surface area contributed by atoms with E-state index in [0.29, 0.717) is 0 Å². The monoisotopic (exact) mass is 744 g/mol. The number of hydrogen-bond donors (Lipinski definition) is 0. The maximum atomic E-state index is 5.13. The van der Waals surface area contributed by atoms with Gasteiger partial charge in [0.25, 0.3) is 0 Å². The van der Waals surface area contributed by atoms with E-state index in [1.807, 2.05) is 7.05 Å². The SMILES string of the molecule is C/N=C(\c1ccc(-c2c3ccccc3c(-c3ccc(-c4nc5ccccc5n4-c4ccccc4)cc3)c3ccccc23)cc1)N(c1ccccc1)c1ccccc1C. The summed E-state index contributed by atoms with van der Waals surface area (Å²) >= 11 is 0. The molecule has 0 N–H and O–H groups in total. The van der Waals surface area contributed by atoms with Crippen molar-refractivity contribution in [2.24, 2.45) is 4.99 Å². The number of rotatable bonds is 7. The lowest BCUT2D eigenvalue weighted by molar-refractivity contribution is 1.10. The number of amidine groups is 1. The van der Waals surface area contributed by atoms with Gasteiger partial charge in [0, 0.05) is 29.5 Å². The molecule has 0 aliphatic carbocycles. The zero-order valence-corrected chi connectivity index (χ0v) is 32.4. The van der Waals surface area contributed by atoms with Crippen LogP contribution in [-0.4, -0.2) is 22.4 Å². The molecule has 0 aliphatic rings. The molecule has 0 amide bonds. The highest BCUT2D eigenvalue weighted by molar-refractivity contribution is 6.22. The van der Waals surface area contributed by atoms with Gasteiger partial charge in [0.1, 0.15) is 11.7 Å². The first-order valence-electron chi connectivity index (χ1n) is 19.7. The molecule has 9 aromatic carbocycles. The number of imidazole rings is 1. The van der Waals surface area contributed by atoms with E-state index < -0.39 is 0 Å². The maximum absolute atomic E-state index is 5.13. The zero-order valence-electron chi connectivity index (χ0n) is 32.4. The van der Waals surface area contributed by atoms with Crippen molar-refractivity contribution in [2.45, 2.75) is 6.92 Å². The topological polar surface area (TPSA) is 33.4 Å². The Hall–Kier alpha value is -7.56. The Morgan fingerprint density at radius 2 is 0.966 bits per heavy atom. The molecule has 0 saturated carbocycles. The highest BCUT2D eigenvalue weighted by atomic mass is 15.2. The Morgan fingerprint density at radius 1 is 0.483 bits per heavy atom. The summed E-state index contributed by atoms with van der Waals surface area (Å²) < 4.78 is 2.26. The molecule has 0 radical (unpaired) electrons. The van der Waals surface area contributed by atoms with Crippen LogP contribution in [0.25, 0.3) is 71.9 Å². The smallest absolute Gasteiger partial charge is 0.145 e. The van der Waals surface area contributed by atoms with E-state index in [0.717, 1.165) is 56.4 Å². The molecule has 0 aliphatic heterocycles. The predicted molar refractivity (Wildman–Crippen MR) is 245 cm³/mol. The highest BCUT2D eigenvalue weighted by Gasteiger charge is 2.21. The van der Waals surface area contributed by atoms with E-state index in [9.17, 15) is 0 Å². The lowest BCUT2D eigenvalue weighted by Gasteiger charge is -2.28. The van der Waals surface area contributed by atoms with Gasteiger partial charge in [-0.2, -0.15) is 0 Å². The molecule has 1 heterocycles. The van der Waals surface area contributed by atoms with Crippen LogP contribution in [0, 0.1) is 6.92 Å². The molecule has 58 heavy (non-hydrogen) atoms. The van der Waals surface area contributed by atoms with Crippen LogP contribution in [0.5, 0.6) is 0 Å². The number of benzene rings is 9. The van der Waals surface area contributed by atoms with Gasteiger partial charge in [-0.3, -0.25) is 14.5 Å². The summed E-state index contributed by atoms with van der Waals surface area (Å²) in [4.78, 5) is 12.3.